The molecule has 0 bridgehead atoms. The molecule has 446 valence electrons. The van der Waals surface area contributed by atoms with E-state index < -0.39 is 0 Å². The molecule has 0 amide bonds. The molecule has 0 saturated heterocycles. The molecule has 16 aromatic rings. The van der Waals surface area contributed by atoms with Crippen molar-refractivity contribution >= 4 is 38.9 Å². The van der Waals surface area contributed by atoms with E-state index in [0.717, 1.165) is 88.9 Å². The molecule has 0 fully saturated rings. The second-order valence-corrected chi connectivity index (χ2v) is 25.5. The molecule has 0 atom stereocenters. The molecule has 2 aromatic heterocycles. The van der Waals surface area contributed by atoms with Crippen LogP contribution >= 0.6 is 0 Å². The summed E-state index contributed by atoms with van der Waals surface area (Å²) in [6.45, 7) is 4.73. The summed E-state index contributed by atoms with van der Waals surface area (Å²) in [5.41, 5.74) is 30.6. The molecule has 14 aromatic carbocycles. The van der Waals surface area contributed by atoms with Gasteiger partial charge in [0.1, 0.15) is 0 Å². The predicted octanol–water partition coefficient (Wildman–Crippen LogP) is 23.7. The average molecular weight is 1210 g/mol. The van der Waals surface area contributed by atoms with Gasteiger partial charge in [0.05, 0.1) is 11.0 Å². The van der Waals surface area contributed by atoms with Gasteiger partial charge in [-0.25, -0.2) is 4.98 Å². The minimum atomic E-state index is -0.193. The Morgan fingerprint density at radius 1 is 0.263 bits per heavy atom. The number of benzene rings is 14. The van der Waals surface area contributed by atoms with Crippen LogP contribution in [0.15, 0.2) is 334 Å². The van der Waals surface area contributed by atoms with Crippen molar-refractivity contribution in [1.29, 1.82) is 0 Å². The largest absolute Gasteiger partial charge is 0.310 e. The second kappa shape index (κ2) is 22.5. The Morgan fingerprint density at radius 3 is 1.27 bits per heavy atom. The number of hydrogen-bond donors (Lipinski definition) is 0. The summed E-state index contributed by atoms with van der Waals surface area (Å²) in [5, 5.41) is 2.19. The van der Waals surface area contributed by atoms with Crippen molar-refractivity contribution in [2.24, 2.45) is 0 Å². The zero-order valence-corrected chi connectivity index (χ0v) is 52.5. The maximum atomic E-state index is 5.48. The van der Waals surface area contributed by atoms with Gasteiger partial charge in [0.25, 0.3) is 0 Å². The van der Waals surface area contributed by atoms with Crippen LogP contribution in [0.4, 0.5) is 17.1 Å². The number of aromatic nitrogens is 4. The van der Waals surface area contributed by atoms with Gasteiger partial charge in [-0.1, -0.05) is 281 Å². The summed E-state index contributed by atoms with van der Waals surface area (Å²) in [4.78, 5) is 18.6. The van der Waals surface area contributed by atoms with Gasteiger partial charge >= 0.3 is 0 Å². The fraction of sp³-hybridized carbons (Fsp3) is 0.0333. The maximum Gasteiger partial charge on any atom is 0.238 e. The highest BCUT2D eigenvalue weighted by atomic mass is 15.2. The molecule has 2 aliphatic rings. The number of rotatable bonds is 10. The third-order valence-electron chi connectivity index (χ3n) is 19.6. The molecule has 5 heteroatoms. The van der Waals surface area contributed by atoms with E-state index in [0.29, 0.717) is 17.6 Å². The molecule has 2 aliphatic carbocycles. The van der Waals surface area contributed by atoms with Crippen molar-refractivity contribution in [3.05, 3.63) is 345 Å². The summed E-state index contributed by atoms with van der Waals surface area (Å²) in [6, 6.07) is 121. The molecule has 0 spiro atoms. The minimum absolute atomic E-state index is 0.193. The quantitative estimate of drug-likeness (QED) is 0.137. The van der Waals surface area contributed by atoms with Gasteiger partial charge in [-0.2, -0.15) is 9.97 Å². The topological polar surface area (TPSA) is 46.8 Å². The van der Waals surface area contributed by atoms with Crippen molar-refractivity contribution in [3.63, 3.8) is 0 Å². The Hall–Kier alpha value is -12.3. The van der Waals surface area contributed by atoms with Gasteiger partial charge in [-0.05, 0) is 172 Å². The third-order valence-corrected chi connectivity index (χ3v) is 19.6. The van der Waals surface area contributed by atoms with E-state index in [1.165, 1.54) is 72.3 Å². The molecule has 2 heterocycles. The van der Waals surface area contributed by atoms with E-state index in [1.807, 2.05) is 36.4 Å². The highest BCUT2D eigenvalue weighted by molar-refractivity contribution is 6.19. The van der Waals surface area contributed by atoms with Gasteiger partial charge in [0.2, 0.25) is 5.95 Å². The molecule has 0 unspecified atom stereocenters. The first-order valence-corrected chi connectivity index (χ1v) is 32.6. The van der Waals surface area contributed by atoms with Crippen molar-refractivity contribution in [1.82, 2.24) is 19.5 Å². The lowest BCUT2D eigenvalue weighted by Gasteiger charge is -2.28. The van der Waals surface area contributed by atoms with E-state index in [9.17, 15) is 0 Å². The zero-order chi connectivity index (χ0) is 63.1. The van der Waals surface area contributed by atoms with Crippen LogP contribution in [0.25, 0.3) is 151 Å². The van der Waals surface area contributed by atoms with Crippen LogP contribution in [-0.2, 0) is 5.41 Å². The first-order valence-electron chi connectivity index (χ1n) is 32.6. The number of anilines is 3. The van der Waals surface area contributed by atoms with E-state index >= 15 is 0 Å². The van der Waals surface area contributed by atoms with Crippen LogP contribution in [0.1, 0.15) is 25.0 Å². The van der Waals surface area contributed by atoms with Crippen LogP contribution < -0.4 is 4.90 Å². The van der Waals surface area contributed by atoms with E-state index in [-0.39, 0.29) is 5.41 Å². The SMILES string of the molecule is CC1(C)c2ccccc2-c2ccc(N(c3ccc(-c4ccc5c(c4)c4ccc6c(c4n5-c4nc(-c5ccccc5)nc(-c5ccccc5)n4)-c4ccccc4-c4ccccc4-c4ccccc4-6)cc3)c3cccc(-c4cc(-c5ccccc5)cc(-c5ccccc5)c4)c3)cc21. The summed E-state index contributed by atoms with van der Waals surface area (Å²) in [6.07, 6.45) is 0. The smallest absolute Gasteiger partial charge is 0.238 e. The Bertz CT molecular complexity index is 5550. The van der Waals surface area contributed by atoms with Crippen LogP contribution in [0.2, 0.25) is 0 Å². The maximum absolute atomic E-state index is 5.48. The van der Waals surface area contributed by atoms with Gasteiger partial charge in [-0.15, -0.1) is 0 Å². The van der Waals surface area contributed by atoms with Crippen LogP contribution in [0.5, 0.6) is 0 Å². The van der Waals surface area contributed by atoms with Crippen molar-refractivity contribution in [3.8, 4) is 129 Å². The van der Waals surface area contributed by atoms with Gasteiger partial charge < -0.3 is 4.90 Å². The van der Waals surface area contributed by atoms with Crippen molar-refractivity contribution in [2.75, 3.05) is 4.90 Å². The predicted molar refractivity (Wildman–Crippen MR) is 394 cm³/mol. The van der Waals surface area contributed by atoms with Crippen LogP contribution in [-0.4, -0.2) is 19.5 Å². The molecule has 95 heavy (non-hydrogen) atoms. The van der Waals surface area contributed by atoms with Crippen molar-refractivity contribution < 1.29 is 0 Å². The van der Waals surface area contributed by atoms with Crippen LogP contribution in [0, 0.1) is 0 Å². The third kappa shape index (κ3) is 9.42. The molecule has 0 N–H and O–H groups in total. The number of hydrogen-bond acceptors (Lipinski definition) is 4. The van der Waals surface area contributed by atoms with Gasteiger partial charge in [-0.3, -0.25) is 4.57 Å². The Kier molecular flexibility index (Phi) is 13.2. The number of fused-ring (bicyclic) bond motifs is 15. The van der Waals surface area contributed by atoms with Crippen molar-refractivity contribution in [2.45, 2.75) is 19.3 Å². The van der Waals surface area contributed by atoms with E-state index in [4.69, 9.17) is 15.0 Å². The molecule has 18 rings (SSSR count). The minimum Gasteiger partial charge on any atom is -0.310 e. The Morgan fingerprint density at radius 2 is 0.684 bits per heavy atom. The Balaban J connectivity index is 0.826. The molecule has 5 nitrogen and oxygen atoms in total. The molecule has 0 aliphatic heterocycles. The van der Waals surface area contributed by atoms with Gasteiger partial charge in [0, 0.05) is 49.9 Å². The number of nitrogens with zero attached hydrogens (tertiary/aromatic N) is 5. The van der Waals surface area contributed by atoms with E-state index in [1.54, 1.807) is 0 Å². The van der Waals surface area contributed by atoms with Gasteiger partial charge in [0.15, 0.2) is 11.6 Å². The lowest BCUT2D eigenvalue weighted by atomic mass is 9.80. The highest BCUT2D eigenvalue weighted by Crippen LogP contribution is 2.54. The lowest BCUT2D eigenvalue weighted by Crippen LogP contribution is -2.16. The summed E-state index contributed by atoms with van der Waals surface area (Å²) in [7, 11) is 0. The average Bonchev–Trinajstić information content (AvgIpc) is 1.62. The first-order chi connectivity index (χ1) is 46.9. The summed E-state index contributed by atoms with van der Waals surface area (Å²) >= 11 is 0. The lowest BCUT2D eigenvalue weighted by molar-refractivity contribution is 0.660. The summed E-state index contributed by atoms with van der Waals surface area (Å²) in [5.74, 6) is 1.74. The normalized spacial score (nSPS) is 12.4. The van der Waals surface area contributed by atoms with Crippen LogP contribution in [0.3, 0.4) is 0 Å². The zero-order valence-electron chi connectivity index (χ0n) is 52.5. The second-order valence-electron chi connectivity index (χ2n) is 25.5. The monoisotopic (exact) mass is 1210 g/mol. The molecule has 0 saturated carbocycles. The standard InChI is InChI=1S/C90H61N5/c1-90(2)82-41-22-21-39-76(82)77-48-47-70(57-83(77)90)94(69-33-23-32-63(55-69)67-53-65(58-24-7-3-8-25-58)52-66(54-67)59-26-9-4-10-27-59)68-45-42-60(43-46-68)64-44-51-84-81(56-64)80-50-49-79-75-38-18-17-36-73(75)71-34-15-16-35-72(71)74-37-19-20-40-78(74)85(79)86(80)95(84)89-92-87(61-28-11-5-12-29-61)91-88(93-89)62-30-13-6-14-31-62/h3-57H,1-2H3. The fourth-order valence-electron chi connectivity index (χ4n) is 15.0. The highest BCUT2D eigenvalue weighted by Gasteiger charge is 2.36. The van der Waals surface area contributed by atoms with E-state index in [2.05, 4.69) is 321 Å². The molecule has 0 radical (unpaired) electrons. The summed E-state index contributed by atoms with van der Waals surface area (Å²) < 4.78 is 2.31. The first kappa shape index (κ1) is 55.5. The Labute approximate surface area is 552 Å². The fourth-order valence-corrected chi connectivity index (χ4v) is 15.0. The molecular formula is C90H61N5. The molecular weight excluding hydrogens is 1150 g/mol.